The third-order valence-corrected chi connectivity index (χ3v) is 6.04. The van der Waals surface area contributed by atoms with E-state index in [1.165, 1.54) is 4.31 Å². The van der Waals surface area contributed by atoms with E-state index in [4.69, 9.17) is 0 Å². The molecule has 0 aliphatic heterocycles. The zero-order chi connectivity index (χ0) is 12.4. The first-order chi connectivity index (χ1) is 7.32. The molecule has 0 N–H and O–H groups in total. The Labute approximate surface area is 106 Å². The van der Waals surface area contributed by atoms with Crippen molar-refractivity contribution in [2.24, 2.45) is 0 Å². The molecule has 0 radical (unpaired) electrons. The van der Waals surface area contributed by atoms with Crippen molar-refractivity contribution >= 4 is 26.0 Å². The van der Waals surface area contributed by atoms with Crippen LogP contribution < -0.4 is 0 Å². The van der Waals surface area contributed by atoms with Crippen LogP contribution in [0.25, 0.3) is 0 Å². The summed E-state index contributed by atoms with van der Waals surface area (Å²) in [6.45, 7) is 3.75. The van der Waals surface area contributed by atoms with Gasteiger partial charge >= 0.3 is 0 Å². The van der Waals surface area contributed by atoms with Gasteiger partial charge in [0, 0.05) is 17.9 Å². The Kier molecular flexibility index (Phi) is 4.15. The van der Waals surface area contributed by atoms with Crippen LogP contribution in [0.15, 0.2) is 35.2 Å². The van der Waals surface area contributed by atoms with Gasteiger partial charge in [-0.2, -0.15) is 4.31 Å². The van der Waals surface area contributed by atoms with E-state index in [0.717, 1.165) is 0 Å². The normalized spacial score (nSPS) is 13.1. The third-order valence-electron chi connectivity index (χ3n) is 2.58. The molecule has 1 aromatic rings. The molecule has 1 aromatic carbocycles. The Morgan fingerprint density at radius 3 is 2.19 bits per heavy atom. The molecule has 1 rings (SSSR count). The SMILES string of the molecule is CN(C(C)(C)CBr)S(=O)(=O)c1ccccc1. The maximum absolute atomic E-state index is 12.2. The Bertz CT molecular complexity index is 442. The summed E-state index contributed by atoms with van der Waals surface area (Å²) in [5.74, 6) is 0. The lowest BCUT2D eigenvalue weighted by Crippen LogP contribution is -2.46. The lowest BCUT2D eigenvalue weighted by molar-refractivity contribution is 0.299. The zero-order valence-corrected chi connectivity index (χ0v) is 12.0. The van der Waals surface area contributed by atoms with Crippen molar-refractivity contribution in [3.63, 3.8) is 0 Å². The summed E-state index contributed by atoms with van der Waals surface area (Å²) in [4.78, 5) is 0.325. The van der Waals surface area contributed by atoms with Gasteiger partial charge in [0.05, 0.1) is 4.90 Å². The predicted molar refractivity (Wildman–Crippen MR) is 69.3 cm³/mol. The molecule has 0 aliphatic rings. The van der Waals surface area contributed by atoms with Gasteiger partial charge in [0.2, 0.25) is 10.0 Å². The van der Waals surface area contributed by atoms with Gasteiger partial charge in [0.1, 0.15) is 0 Å². The summed E-state index contributed by atoms with van der Waals surface area (Å²) in [6, 6.07) is 8.46. The lowest BCUT2D eigenvalue weighted by atomic mass is 10.1. The van der Waals surface area contributed by atoms with Crippen molar-refractivity contribution in [2.45, 2.75) is 24.3 Å². The van der Waals surface area contributed by atoms with Gasteiger partial charge in [-0.15, -0.1) is 0 Å². The largest absolute Gasteiger partial charge is 0.243 e. The predicted octanol–water partition coefficient (Wildman–Crippen LogP) is 2.48. The maximum Gasteiger partial charge on any atom is 0.243 e. The molecule has 5 heteroatoms. The van der Waals surface area contributed by atoms with E-state index in [1.54, 1.807) is 37.4 Å². The average Bonchev–Trinajstić information content (AvgIpc) is 2.29. The number of benzene rings is 1. The second kappa shape index (κ2) is 4.85. The molecule has 0 saturated carbocycles. The molecule has 0 bridgehead atoms. The van der Waals surface area contributed by atoms with Crippen LogP contribution in [0, 0.1) is 0 Å². The molecule has 0 fully saturated rings. The van der Waals surface area contributed by atoms with Crippen molar-refractivity contribution in [2.75, 3.05) is 12.4 Å². The number of alkyl halides is 1. The summed E-state index contributed by atoms with van der Waals surface area (Å²) >= 11 is 3.33. The van der Waals surface area contributed by atoms with Crippen molar-refractivity contribution in [1.29, 1.82) is 0 Å². The molecule has 0 spiro atoms. The van der Waals surface area contributed by atoms with Crippen LogP contribution in [0.2, 0.25) is 0 Å². The first-order valence-corrected chi connectivity index (χ1v) is 7.48. The molecular formula is C11H16BrNO2S. The summed E-state index contributed by atoms with van der Waals surface area (Å²) < 4.78 is 25.9. The fraction of sp³-hybridized carbons (Fsp3) is 0.455. The van der Waals surface area contributed by atoms with Crippen molar-refractivity contribution in [1.82, 2.24) is 4.31 Å². The minimum absolute atomic E-state index is 0.325. The Balaban J connectivity index is 3.14. The number of nitrogens with zero attached hydrogens (tertiary/aromatic N) is 1. The fourth-order valence-electron chi connectivity index (χ4n) is 1.16. The molecule has 0 atom stereocenters. The third kappa shape index (κ3) is 2.64. The highest BCUT2D eigenvalue weighted by Gasteiger charge is 2.32. The van der Waals surface area contributed by atoms with Crippen LogP contribution in [-0.2, 0) is 10.0 Å². The summed E-state index contributed by atoms with van der Waals surface area (Å²) in [5, 5.41) is 0.586. The van der Waals surface area contributed by atoms with E-state index in [1.807, 2.05) is 13.8 Å². The van der Waals surface area contributed by atoms with Crippen LogP contribution in [0.5, 0.6) is 0 Å². The number of halogens is 1. The quantitative estimate of drug-likeness (QED) is 0.802. The second-order valence-corrected chi connectivity index (χ2v) is 6.76. The van der Waals surface area contributed by atoms with E-state index in [9.17, 15) is 8.42 Å². The summed E-state index contributed by atoms with van der Waals surface area (Å²) in [6.07, 6.45) is 0. The Morgan fingerprint density at radius 1 is 1.25 bits per heavy atom. The van der Waals surface area contributed by atoms with Crippen LogP contribution >= 0.6 is 15.9 Å². The average molecular weight is 306 g/mol. The van der Waals surface area contributed by atoms with Crippen LogP contribution in [0.4, 0.5) is 0 Å². The highest BCUT2D eigenvalue weighted by atomic mass is 79.9. The molecule has 0 aliphatic carbocycles. The molecule has 0 amide bonds. The minimum Gasteiger partial charge on any atom is -0.207 e. The number of rotatable bonds is 4. The van der Waals surface area contributed by atoms with E-state index in [-0.39, 0.29) is 0 Å². The number of hydrogen-bond donors (Lipinski definition) is 0. The first kappa shape index (κ1) is 13.7. The minimum atomic E-state index is -3.41. The molecule has 0 heterocycles. The molecule has 0 saturated heterocycles. The Hall–Kier alpha value is -0.390. The van der Waals surface area contributed by atoms with Gasteiger partial charge in [-0.1, -0.05) is 34.1 Å². The van der Waals surface area contributed by atoms with E-state index < -0.39 is 15.6 Å². The van der Waals surface area contributed by atoms with Gasteiger partial charge in [0.25, 0.3) is 0 Å². The van der Waals surface area contributed by atoms with Crippen LogP contribution in [-0.4, -0.2) is 30.6 Å². The van der Waals surface area contributed by atoms with Gasteiger partial charge < -0.3 is 0 Å². The number of hydrogen-bond acceptors (Lipinski definition) is 2. The van der Waals surface area contributed by atoms with E-state index in [0.29, 0.717) is 10.2 Å². The molecular weight excluding hydrogens is 290 g/mol. The lowest BCUT2D eigenvalue weighted by Gasteiger charge is -2.32. The fourth-order valence-corrected chi connectivity index (χ4v) is 3.23. The first-order valence-electron chi connectivity index (χ1n) is 4.92. The molecule has 3 nitrogen and oxygen atoms in total. The van der Waals surface area contributed by atoms with E-state index >= 15 is 0 Å². The topological polar surface area (TPSA) is 37.4 Å². The highest BCUT2D eigenvalue weighted by Crippen LogP contribution is 2.23. The van der Waals surface area contributed by atoms with Gasteiger partial charge in [0.15, 0.2) is 0 Å². The second-order valence-electron chi connectivity index (χ2n) is 4.23. The molecule has 0 aromatic heterocycles. The standard InChI is InChI=1S/C11H16BrNO2S/c1-11(2,9-12)13(3)16(14,15)10-7-5-4-6-8-10/h4-8H,9H2,1-3H3. The number of sulfonamides is 1. The highest BCUT2D eigenvalue weighted by molar-refractivity contribution is 9.09. The Morgan fingerprint density at radius 2 is 1.75 bits per heavy atom. The van der Waals surface area contributed by atoms with Crippen LogP contribution in [0.1, 0.15) is 13.8 Å². The monoisotopic (exact) mass is 305 g/mol. The van der Waals surface area contributed by atoms with Gasteiger partial charge in [-0.05, 0) is 26.0 Å². The van der Waals surface area contributed by atoms with Gasteiger partial charge in [-0.3, -0.25) is 0 Å². The molecule has 16 heavy (non-hydrogen) atoms. The van der Waals surface area contributed by atoms with E-state index in [2.05, 4.69) is 15.9 Å². The summed E-state index contributed by atoms with van der Waals surface area (Å²) in [7, 11) is -1.80. The van der Waals surface area contributed by atoms with Crippen molar-refractivity contribution in [3.05, 3.63) is 30.3 Å². The molecule has 90 valence electrons. The molecule has 0 unspecified atom stereocenters. The van der Waals surface area contributed by atoms with Gasteiger partial charge in [-0.25, -0.2) is 8.42 Å². The van der Waals surface area contributed by atoms with Crippen molar-refractivity contribution < 1.29 is 8.42 Å². The maximum atomic E-state index is 12.2. The van der Waals surface area contributed by atoms with Crippen molar-refractivity contribution in [3.8, 4) is 0 Å². The smallest absolute Gasteiger partial charge is 0.207 e. The van der Waals surface area contributed by atoms with Crippen LogP contribution in [0.3, 0.4) is 0 Å². The zero-order valence-electron chi connectivity index (χ0n) is 9.64. The summed E-state index contributed by atoms with van der Waals surface area (Å²) in [5.41, 5.74) is -0.450.